The number of carbonyl (C=O) groups excluding carboxylic acids is 1. The third-order valence-corrected chi connectivity index (χ3v) is 3.80. The highest BCUT2D eigenvalue weighted by Gasteiger charge is 2.49. The molecule has 0 saturated carbocycles. The Morgan fingerprint density at radius 2 is 1.63 bits per heavy atom. The van der Waals surface area contributed by atoms with Crippen LogP contribution in [0.1, 0.15) is 31.9 Å². The molecule has 2 aromatic carbocycles. The summed E-state index contributed by atoms with van der Waals surface area (Å²) in [5.74, 6) is -1.24. The van der Waals surface area contributed by atoms with E-state index in [0.29, 0.717) is 12.0 Å². The Balaban J connectivity index is 2.48. The number of hydrogen-bond acceptors (Lipinski definition) is 4. The van der Waals surface area contributed by atoms with Gasteiger partial charge in [0.05, 0.1) is 12.2 Å². The maximum Gasteiger partial charge on any atom is 0.338 e. The van der Waals surface area contributed by atoms with Crippen molar-refractivity contribution in [1.29, 1.82) is 0 Å². The predicted molar refractivity (Wildman–Crippen MR) is 101 cm³/mol. The van der Waals surface area contributed by atoms with Gasteiger partial charge in [0.2, 0.25) is 18.2 Å². The number of aliphatic carboxylic acids is 1. The molecule has 0 unspecified atom stereocenters. The van der Waals surface area contributed by atoms with Crippen molar-refractivity contribution in [2.75, 3.05) is 0 Å². The average molecular weight is 371 g/mol. The number of carbonyl (C=O) groups is 2. The van der Waals surface area contributed by atoms with Crippen LogP contribution >= 0.6 is 0 Å². The smallest absolute Gasteiger partial charge is 0.338 e. The lowest BCUT2D eigenvalue weighted by molar-refractivity contribution is -0.226. The third-order valence-electron chi connectivity index (χ3n) is 3.80. The normalized spacial score (nSPS) is 14.8. The molecule has 144 valence electrons. The van der Waals surface area contributed by atoms with E-state index in [2.05, 4.69) is 5.32 Å². The highest BCUT2D eigenvalue weighted by Crippen LogP contribution is 2.34. The van der Waals surface area contributed by atoms with Gasteiger partial charge in [-0.25, -0.2) is 4.79 Å². The fraction of sp³-hybridized carbons (Fsp3) is 0.333. The van der Waals surface area contributed by atoms with Crippen LogP contribution in [0, 0.1) is 0 Å². The van der Waals surface area contributed by atoms with E-state index in [1.807, 2.05) is 30.3 Å². The minimum atomic E-state index is -1.69. The maximum absolute atomic E-state index is 12.1. The largest absolute Gasteiger partial charge is 0.479 e. The first-order chi connectivity index (χ1) is 12.8. The molecule has 0 saturated heterocycles. The van der Waals surface area contributed by atoms with Crippen molar-refractivity contribution in [3.05, 3.63) is 71.8 Å². The lowest BCUT2D eigenvalue weighted by Gasteiger charge is -2.42. The van der Waals surface area contributed by atoms with Crippen LogP contribution in [0.4, 0.5) is 0 Å². The molecule has 0 heterocycles. The summed E-state index contributed by atoms with van der Waals surface area (Å²) in [6.07, 6.45) is -1.04. The van der Waals surface area contributed by atoms with Crippen LogP contribution in [-0.4, -0.2) is 29.2 Å². The van der Waals surface area contributed by atoms with Crippen molar-refractivity contribution in [2.24, 2.45) is 0 Å². The molecule has 0 aromatic heterocycles. The van der Waals surface area contributed by atoms with E-state index in [1.165, 1.54) is 0 Å². The molecule has 0 fully saturated rings. The molecule has 0 aliphatic heterocycles. The summed E-state index contributed by atoms with van der Waals surface area (Å²) >= 11 is 0. The number of rotatable bonds is 9. The molecule has 0 radical (unpaired) electrons. The molecular weight excluding hydrogens is 346 g/mol. The highest BCUT2D eigenvalue weighted by atomic mass is 16.6. The van der Waals surface area contributed by atoms with E-state index in [9.17, 15) is 14.7 Å². The molecule has 0 aliphatic rings. The van der Waals surface area contributed by atoms with E-state index in [4.69, 9.17) is 9.47 Å². The van der Waals surface area contributed by atoms with Gasteiger partial charge in [-0.1, -0.05) is 60.7 Å². The van der Waals surface area contributed by atoms with Gasteiger partial charge >= 0.3 is 5.97 Å². The fourth-order valence-corrected chi connectivity index (χ4v) is 2.82. The molecule has 0 bridgehead atoms. The van der Waals surface area contributed by atoms with Crippen molar-refractivity contribution in [2.45, 2.75) is 44.8 Å². The summed E-state index contributed by atoms with van der Waals surface area (Å²) in [6, 6.07) is 17.9. The van der Waals surface area contributed by atoms with E-state index in [1.54, 1.807) is 51.1 Å². The fourth-order valence-electron chi connectivity index (χ4n) is 2.82. The zero-order valence-electron chi connectivity index (χ0n) is 15.7. The molecule has 1 amide bonds. The lowest BCUT2D eigenvalue weighted by atomic mass is 9.94. The molecule has 6 heteroatoms. The van der Waals surface area contributed by atoms with Crippen molar-refractivity contribution >= 4 is 12.4 Å². The summed E-state index contributed by atoms with van der Waals surface area (Å²) in [5, 5.41) is 12.5. The van der Waals surface area contributed by atoms with Crippen LogP contribution < -0.4 is 5.32 Å². The zero-order chi connectivity index (χ0) is 19.9. The maximum atomic E-state index is 12.1. The summed E-state index contributed by atoms with van der Waals surface area (Å²) in [5.41, 5.74) is -1.16. The minimum absolute atomic E-state index is 0.0560. The lowest BCUT2D eigenvalue weighted by Crippen LogP contribution is -2.59. The molecule has 0 spiro atoms. The van der Waals surface area contributed by atoms with Crippen LogP contribution in [0.5, 0.6) is 0 Å². The molecule has 2 rings (SSSR count). The second-order valence-corrected chi connectivity index (χ2v) is 7.09. The number of carboxylic acids is 1. The number of carboxylic acid groups (broad SMARTS) is 1. The van der Waals surface area contributed by atoms with Crippen molar-refractivity contribution < 1.29 is 24.2 Å². The van der Waals surface area contributed by atoms with E-state index in [-0.39, 0.29) is 6.61 Å². The molecule has 6 nitrogen and oxygen atoms in total. The Morgan fingerprint density at radius 3 is 2.11 bits per heavy atom. The summed E-state index contributed by atoms with van der Waals surface area (Å²) in [7, 11) is 0. The molecule has 2 atom stereocenters. The van der Waals surface area contributed by atoms with Crippen molar-refractivity contribution in [3.8, 4) is 0 Å². The number of nitrogens with one attached hydrogen (secondary N) is 1. The van der Waals surface area contributed by atoms with E-state index < -0.39 is 23.4 Å². The molecule has 0 aliphatic carbocycles. The van der Waals surface area contributed by atoms with Crippen LogP contribution in [0.2, 0.25) is 0 Å². The second-order valence-electron chi connectivity index (χ2n) is 7.09. The number of ether oxygens (including phenoxy) is 2. The SMILES string of the molecule is CC(C)(C)O[C@@](NC=O)(c1ccccc1)[C@@H](OCc1ccccc1)C(=O)O. The summed E-state index contributed by atoms with van der Waals surface area (Å²) in [4.78, 5) is 23.6. The van der Waals surface area contributed by atoms with Crippen molar-refractivity contribution in [1.82, 2.24) is 5.32 Å². The van der Waals surface area contributed by atoms with Crippen LogP contribution in [0.25, 0.3) is 0 Å². The van der Waals surface area contributed by atoms with Gasteiger partial charge in [0, 0.05) is 5.56 Å². The third kappa shape index (κ3) is 5.39. The molecular formula is C21H25NO5. The average Bonchev–Trinajstić information content (AvgIpc) is 2.62. The Hall–Kier alpha value is -2.70. The Kier molecular flexibility index (Phi) is 6.71. The number of benzene rings is 2. The van der Waals surface area contributed by atoms with Crippen molar-refractivity contribution in [3.63, 3.8) is 0 Å². The Labute approximate surface area is 159 Å². The van der Waals surface area contributed by atoms with Gasteiger partial charge in [-0.15, -0.1) is 0 Å². The Morgan fingerprint density at radius 1 is 1.07 bits per heavy atom. The van der Waals surface area contributed by atoms with Gasteiger partial charge in [-0.05, 0) is 26.3 Å². The predicted octanol–water partition coefficient (Wildman–Crippen LogP) is 3.07. The minimum Gasteiger partial charge on any atom is -0.479 e. The molecule has 2 N–H and O–H groups in total. The standard InChI is InChI=1S/C21H25NO5/c1-20(2,3)27-21(22-15-23,17-12-8-5-9-13-17)18(19(24)25)26-14-16-10-6-4-7-11-16/h4-13,15,18H,14H2,1-3H3,(H,22,23)(H,24,25)/t18-,21-/m0/s1. The van der Waals surface area contributed by atoms with Gasteiger partial charge in [0.1, 0.15) is 0 Å². The van der Waals surface area contributed by atoms with Crippen LogP contribution in [-0.2, 0) is 31.4 Å². The molecule has 27 heavy (non-hydrogen) atoms. The van der Waals surface area contributed by atoms with Gasteiger partial charge in [0.15, 0.2) is 0 Å². The first-order valence-electron chi connectivity index (χ1n) is 8.64. The number of hydrogen-bond donors (Lipinski definition) is 2. The van der Waals surface area contributed by atoms with E-state index in [0.717, 1.165) is 5.56 Å². The second kappa shape index (κ2) is 8.79. The van der Waals surface area contributed by atoms with Crippen LogP contribution in [0.3, 0.4) is 0 Å². The summed E-state index contributed by atoms with van der Waals surface area (Å²) < 4.78 is 11.9. The van der Waals surface area contributed by atoms with E-state index >= 15 is 0 Å². The molecule has 2 aromatic rings. The van der Waals surface area contributed by atoms with Gasteiger partial charge in [-0.3, -0.25) is 4.79 Å². The van der Waals surface area contributed by atoms with Gasteiger partial charge in [0.25, 0.3) is 0 Å². The van der Waals surface area contributed by atoms with Crippen LogP contribution in [0.15, 0.2) is 60.7 Å². The monoisotopic (exact) mass is 371 g/mol. The zero-order valence-corrected chi connectivity index (χ0v) is 15.7. The summed E-state index contributed by atoms with van der Waals surface area (Å²) in [6.45, 7) is 5.41. The Bertz CT molecular complexity index is 742. The van der Waals surface area contributed by atoms with Gasteiger partial charge in [-0.2, -0.15) is 0 Å². The quantitative estimate of drug-likeness (QED) is 0.523. The first kappa shape index (κ1) is 20.6. The topological polar surface area (TPSA) is 84.9 Å². The number of amides is 1. The highest BCUT2D eigenvalue weighted by molar-refractivity contribution is 5.75. The first-order valence-corrected chi connectivity index (χ1v) is 8.64. The van der Waals surface area contributed by atoms with Gasteiger partial charge < -0.3 is 19.9 Å².